The average molecular weight is 410 g/mol. The van der Waals surface area contributed by atoms with E-state index < -0.39 is 0 Å². The van der Waals surface area contributed by atoms with Crippen LogP contribution in [0, 0.1) is 11.8 Å². The highest BCUT2D eigenvalue weighted by atomic mass is 16.5. The number of benzene rings is 2. The number of ketones is 1. The lowest BCUT2D eigenvalue weighted by Gasteiger charge is -2.25. The summed E-state index contributed by atoms with van der Waals surface area (Å²) in [5, 5.41) is 12.3. The molecule has 1 saturated carbocycles. The Bertz CT molecular complexity index is 919. The van der Waals surface area contributed by atoms with Crippen molar-refractivity contribution in [3.63, 3.8) is 0 Å². The van der Waals surface area contributed by atoms with Crippen LogP contribution in [0.5, 0.6) is 5.75 Å². The van der Waals surface area contributed by atoms with Crippen molar-refractivity contribution in [2.45, 2.75) is 51.5 Å². The first-order valence-electron chi connectivity index (χ1n) is 11.2. The molecule has 0 unspecified atom stereocenters. The van der Waals surface area contributed by atoms with Crippen LogP contribution in [0.1, 0.15) is 55.8 Å². The zero-order valence-corrected chi connectivity index (χ0v) is 17.7. The number of hydrogen-bond donors (Lipinski definition) is 1. The molecule has 2 aliphatic rings. The molecule has 1 N–H and O–H groups in total. The van der Waals surface area contributed by atoms with Crippen molar-refractivity contribution in [3.8, 4) is 5.75 Å². The van der Waals surface area contributed by atoms with Gasteiger partial charge in [-0.25, -0.2) is 0 Å². The molecule has 0 amide bonds. The molecule has 30 heavy (non-hydrogen) atoms. The maximum absolute atomic E-state index is 13.0. The van der Waals surface area contributed by atoms with Crippen LogP contribution < -0.4 is 0 Å². The Hall–Kier alpha value is -2.40. The van der Waals surface area contributed by atoms with Gasteiger partial charge in [0.15, 0.2) is 5.78 Å². The minimum absolute atomic E-state index is 0.0563. The fraction of sp³-hybridized carbons (Fsp3) is 0.520. The summed E-state index contributed by atoms with van der Waals surface area (Å²) in [5.41, 5.74) is 0.371. The van der Waals surface area contributed by atoms with Gasteiger partial charge in [0.25, 0.3) is 0 Å². The molecule has 5 nitrogen and oxygen atoms in total. The van der Waals surface area contributed by atoms with Gasteiger partial charge < -0.3 is 9.84 Å². The Morgan fingerprint density at radius 1 is 1.10 bits per heavy atom. The van der Waals surface area contributed by atoms with Gasteiger partial charge in [-0.3, -0.25) is 14.5 Å². The Labute approximate surface area is 178 Å². The number of phenolic OH excluding ortho intramolecular Hbond substituents is 1. The van der Waals surface area contributed by atoms with Crippen molar-refractivity contribution in [3.05, 3.63) is 42.0 Å². The number of phenols is 1. The summed E-state index contributed by atoms with van der Waals surface area (Å²) in [5.74, 6) is 0.563. The Kier molecular flexibility index (Phi) is 6.38. The molecule has 0 radical (unpaired) electrons. The van der Waals surface area contributed by atoms with Gasteiger partial charge in [0.1, 0.15) is 11.8 Å². The number of hydrogen-bond acceptors (Lipinski definition) is 5. The standard InChI is InChI=1S/C25H31NO4/c1-2-30-25(29)22-13-18(16-26(22)15-17-7-3-4-8-17)14-23(27)21-12-11-19-9-5-6-10-20(19)24(21)28/h5-6,9-12,17-18,22,28H,2-4,7-8,13-16H2,1H3/t18-,22+/m1/s1. The molecule has 160 valence electrons. The van der Waals surface area contributed by atoms with Gasteiger partial charge in [0.2, 0.25) is 0 Å². The van der Waals surface area contributed by atoms with Crippen LogP contribution in [0.2, 0.25) is 0 Å². The maximum atomic E-state index is 13.0. The third kappa shape index (κ3) is 4.36. The predicted molar refractivity (Wildman–Crippen MR) is 117 cm³/mol. The first-order valence-corrected chi connectivity index (χ1v) is 11.2. The van der Waals surface area contributed by atoms with E-state index in [1.165, 1.54) is 25.7 Å². The number of Topliss-reactive ketones (excluding diaryl/α,β-unsaturated/α-hetero) is 1. The largest absolute Gasteiger partial charge is 0.507 e. The van der Waals surface area contributed by atoms with E-state index in [9.17, 15) is 14.7 Å². The van der Waals surface area contributed by atoms with Crippen molar-refractivity contribution >= 4 is 22.5 Å². The molecule has 2 aromatic rings. The fourth-order valence-corrected chi connectivity index (χ4v) is 5.21. The summed E-state index contributed by atoms with van der Waals surface area (Å²) in [4.78, 5) is 27.8. The molecule has 5 heteroatoms. The fourth-order valence-electron chi connectivity index (χ4n) is 5.21. The molecular weight excluding hydrogens is 378 g/mol. The zero-order chi connectivity index (χ0) is 21.1. The van der Waals surface area contributed by atoms with E-state index in [1.807, 2.05) is 37.3 Å². The average Bonchev–Trinajstić information content (AvgIpc) is 3.39. The summed E-state index contributed by atoms with van der Waals surface area (Å²) in [6.07, 6.45) is 5.97. The summed E-state index contributed by atoms with van der Waals surface area (Å²) in [7, 11) is 0. The van der Waals surface area contributed by atoms with Crippen molar-refractivity contribution < 1.29 is 19.4 Å². The van der Waals surface area contributed by atoms with Crippen molar-refractivity contribution in [1.29, 1.82) is 0 Å². The van der Waals surface area contributed by atoms with Gasteiger partial charge >= 0.3 is 5.97 Å². The third-order valence-corrected chi connectivity index (χ3v) is 6.69. The lowest BCUT2D eigenvalue weighted by molar-refractivity contribution is -0.148. The number of likely N-dealkylation sites (tertiary alicyclic amines) is 1. The number of rotatable bonds is 7. The van der Waals surface area contributed by atoms with E-state index >= 15 is 0 Å². The normalized spacial score (nSPS) is 22.6. The summed E-state index contributed by atoms with van der Waals surface area (Å²) < 4.78 is 5.32. The third-order valence-electron chi connectivity index (χ3n) is 6.69. The smallest absolute Gasteiger partial charge is 0.323 e. The maximum Gasteiger partial charge on any atom is 0.323 e. The Morgan fingerprint density at radius 2 is 1.87 bits per heavy atom. The molecular formula is C25H31NO4. The topological polar surface area (TPSA) is 66.8 Å². The SMILES string of the molecule is CCOC(=O)[C@@H]1C[C@H](CC(=O)c2ccc3ccccc3c2O)CN1CC1CCCC1. The molecule has 2 aromatic carbocycles. The number of aromatic hydroxyl groups is 1. The molecule has 0 bridgehead atoms. The van der Waals surface area contributed by atoms with Crippen LogP contribution in [0.15, 0.2) is 36.4 Å². The highest BCUT2D eigenvalue weighted by Gasteiger charge is 2.39. The second-order valence-corrected chi connectivity index (χ2v) is 8.78. The number of carbonyl (C=O) groups is 2. The minimum atomic E-state index is -0.256. The Morgan fingerprint density at radius 3 is 2.63 bits per heavy atom. The quantitative estimate of drug-likeness (QED) is 0.536. The molecule has 1 heterocycles. The van der Waals surface area contributed by atoms with Crippen LogP contribution >= 0.6 is 0 Å². The molecule has 2 atom stereocenters. The van der Waals surface area contributed by atoms with Gasteiger partial charge in [-0.1, -0.05) is 43.2 Å². The number of fused-ring (bicyclic) bond motifs is 1. The van der Waals surface area contributed by atoms with Crippen molar-refractivity contribution in [1.82, 2.24) is 4.90 Å². The first-order chi connectivity index (χ1) is 14.6. The van der Waals surface area contributed by atoms with Crippen LogP contribution in [-0.4, -0.2) is 47.5 Å². The molecule has 1 aliphatic heterocycles. The van der Waals surface area contributed by atoms with Gasteiger partial charge in [0.05, 0.1) is 12.2 Å². The van der Waals surface area contributed by atoms with E-state index in [2.05, 4.69) is 4.90 Å². The van der Waals surface area contributed by atoms with Gasteiger partial charge in [-0.15, -0.1) is 0 Å². The Balaban J connectivity index is 1.47. The molecule has 0 aromatic heterocycles. The van der Waals surface area contributed by atoms with Gasteiger partial charge in [0, 0.05) is 24.9 Å². The van der Waals surface area contributed by atoms with Crippen molar-refractivity contribution in [2.24, 2.45) is 11.8 Å². The summed E-state index contributed by atoms with van der Waals surface area (Å²) in [6, 6.07) is 10.9. The summed E-state index contributed by atoms with van der Waals surface area (Å²) >= 11 is 0. The first kappa shape index (κ1) is 20.9. The number of esters is 1. The molecule has 2 fully saturated rings. The number of nitrogens with zero attached hydrogens (tertiary/aromatic N) is 1. The lowest BCUT2D eigenvalue weighted by atomic mass is 9.94. The molecule has 1 saturated heterocycles. The van der Waals surface area contributed by atoms with Crippen LogP contribution in [0.3, 0.4) is 0 Å². The van der Waals surface area contributed by atoms with Crippen LogP contribution in [0.4, 0.5) is 0 Å². The van der Waals surface area contributed by atoms with E-state index in [-0.39, 0.29) is 29.5 Å². The highest BCUT2D eigenvalue weighted by molar-refractivity contribution is 6.04. The zero-order valence-electron chi connectivity index (χ0n) is 17.7. The van der Waals surface area contributed by atoms with E-state index in [0.29, 0.717) is 36.3 Å². The monoisotopic (exact) mass is 409 g/mol. The van der Waals surface area contributed by atoms with Crippen LogP contribution in [-0.2, 0) is 9.53 Å². The number of carbonyl (C=O) groups excluding carboxylic acids is 2. The van der Waals surface area contributed by atoms with E-state index in [4.69, 9.17) is 4.74 Å². The second kappa shape index (κ2) is 9.17. The highest BCUT2D eigenvalue weighted by Crippen LogP contribution is 2.34. The molecule has 4 rings (SSSR count). The predicted octanol–water partition coefficient (Wildman–Crippen LogP) is 4.56. The minimum Gasteiger partial charge on any atom is -0.507 e. The van der Waals surface area contributed by atoms with E-state index in [1.54, 1.807) is 6.07 Å². The van der Waals surface area contributed by atoms with Gasteiger partial charge in [-0.05, 0) is 49.5 Å². The van der Waals surface area contributed by atoms with Gasteiger partial charge in [-0.2, -0.15) is 0 Å². The molecule has 1 aliphatic carbocycles. The van der Waals surface area contributed by atoms with E-state index in [0.717, 1.165) is 18.5 Å². The molecule has 0 spiro atoms. The summed E-state index contributed by atoms with van der Waals surface area (Å²) in [6.45, 7) is 3.86. The lowest BCUT2D eigenvalue weighted by Crippen LogP contribution is -2.39. The van der Waals surface area contributed by atoms with Crippen molar-refractivity contribution in [2.75, 3.05) is 19.7 Å². The van der Waals surface area contributed by atoms with Crippen LogP contribution in [0.25, 0.3) is 10.8 Å². The number of ether oxygens (including phenoxy) is 1. The second-order valence-electron chi connectivity index (χ2n) is 8.78.